The van der Waals surface area contributed by atoms with Gasteiger partial charge in [0.05, 0.1) is 21.7 Å². The van der Waals surface area contributed by atoms with Gasteiger partial charge >= 0.3 is 5.00 Å². The van der Waals surface area contributed by atoms with E-state index in [1.54, 1.807) is 19.2 Å². The summed E-state index contributed by atoms with van der Waals surface area (Å²) in [6.45, 7) is 1.02. The first kappa shape index (κ1) is 19.4. The SMILES string of the molecule is COCCn1c(=NC(=O)/C=C\c2ccc([N+](=O)[O-])s2)sc2cc(Cl)ccc21. The molecule has 0 saturated carbocycles. The van der Waals surface area contributed by atoms with Crippen molar-refractivity contribution in [2.24, 2.45) is 4.99 Å². The number of benzene rings is 1. The van der Waals surface area contributed by atoms with E-state index in [-0.39, 0.29) is 5.00 Å². The van der Waals surface area contributed by atoms with E-state index in [0.717, 1.165) is 21.6 Å². The Morgan fingerprint density at radius 1 is 1.37 bits per heavy atom. The van der Waals surface area contributed by atoms with E-state index in [0.29, 0.717) is 27.9 Å². The average Bonchev–Trinajstić information content (AvgIpc) is 3.22. The lowest BCUT2D eigenvalue weighted by Gasteiger charge is -2.03. The maximum absolute atomic E-state index is 12.2. The number of amides is 1. The molecule has 0 atom stereocenters. The van der Waals surface area contributed by atoms with E-state index in [4.69, 9.17) is 16.3 Å². The Labute approximate surface area is 167 Å². The monoisotopic (exact) mass is 423 g/mol. The second-order valence-electron chi connectivity index (χ2n) is 5.36. The first-order valence-electron chi connectivity index (χ1n) is 7.77. The van der Waals surface area contributed by atoms with Crippen LogP contribution in [0.2, 0.25) is 5.02 Å². The van der Waals surface area contributed by atoms with Gasteiger partial charge in [-0.15, -0.1) is 0 Å². The maximum atomic E-state index is 12.2. The predicted octanol–water partition coefficient (Wildman–Crippen LogP) is 4.11. The topological polar surface area (TPSA) is 86.7 Å². The fourth-order valence-electron chi connectivity index (χ4n) is 2.35. The maximum Gasteiger partial charge on any atom is 0.324 e. The Kier molecular flexibility index (Phi) is 6.17. The normalized spacial score (nSPS) is 12.3. The fraction of sp³-hybridized carbons (Fsp3) is 0.176. The lowest BCUT2D eigenvalue weighted by molar-refractivity contribution is -0.380. The van der Waals surface area contributed by atoms with Gasteiger partial charge in [0, 0.05) is 35.7 Å². The molecule has 140 valence electrons. The molecule has 0 saturated heterocycles. The number of thiophene rings is 1. The van der Waals surface area contributed by atoms with Crippen LogP contribution in [0, 0.1) is 10.1 Å². The van der Waals surface area contributed by atoms with Crippen LogP contribution in [-0.4, -0.2) is 29.1 Å². The lowest BCUT2D eigenvalue weighted by atomic mass is 10.3. The van der Waals surface area contributed by atoms with Crippen molar-refractivity contribution in [3.05, 3.63) is 61.2 Å². The molecule has 0 fully saturated rings. The van der Waals surface area contributed by atoms with Gasteiger partial charge in [0.15, 0.2) is 4.80 Å². The molecular weight excluding hydrogens is 410 g/mol. The van der Waals surface area contributed by atoms with Gasteiger partial charge in [0.25, 0.3) is 5.91 Å². The summed E-state index contributed by atoms with van der Waals surface area (Å²) in [5.41, 5.74) is 0.922. The zero-order chi connectivity index (χ0) is 19.4. The first-order valence-corrected chi connectivity index (χ1v) is 9.78. The number of ether oxygens (including phenoxy) is 1. The lowest BCUT2D eigenvalue weighted by Crippen LogP contribution is -2.18. The van der Waals surface area contributed by atoms with Crippen molar-refractivity contribution in [1.82, 2.24) is 4.57 Å². The molecule has 0 aliphatic carbocycles. The van der Waals surface area contributed by atoms with Gasteiger partial charge in [-0.1, -0.05) is 34.3 Å². The number of hydrogen-bond acceptors (Lipinski definition) is 6. The number of carbonyl (C=O) groups is 1. The molecule has 0 unspecified atom stereocenters. The van der Waals surface area contributed by atoms with Crippen molar-refractivity contribution >= 4 is 61.5 Å². The van der Waals surface area contributed by atoms with Crippen LogP contribution in [-0.2, 0) is 16.1 Å². The largest absolute Gasteiger partial charge is 0.383 e. The Morgan fingerprint density at radius 2 is 2.19 bits per heavy atom. The van der Waals surface area contributed by atoms with Gasteiger partial charge in [-0.25, -0.2) is 0 Å². The smallest absolute Gasteiger partial charge is 0.324 e. The number of rotatable bonds is 6. The standard InChI is InChI=1S/C17H14ClN3O4S2/c1-25-9-8-20-13-5-2-11(18)10-14(13)27-17(20)19-15(22)6-3-12-4-7-16(26-12)21(23)24/h2-7,10H,8-9H2,1H3/b6-3-,19-17?. The summed E-state index contributed by atoms with van der Waals surface area (Å²) < 4.78 is 7.96. The van der Waals surface area contributed by atoms with E-state index in [2.05, 4.69) is 4.99 Å². The highest BCUT2D eigenvalue weighted by molar-refractivity contribution is 7.16. The Morgan fingerprint density at radius 3 is 2.89 bits per heavy atom. The molecule has 10 heteroatoms. The number of hydrogen-bond donors (Lipinski definition) is 0. The molecule has 0 spiro atoms. The zero-order valence-electron chi connectivity index (χ0n) is 14.1. The van der Waals surface area contributed by atoms with Crippen LogP contribution in [0.3, 0.4) is 0 Å². The second kappa shape index (κ2) is 8.57. The van der Waals surface area contributed by atoms with Crippen LogP contribution >= 0.6 is 34.3 Å². The number of aromatic nitrogens is 1. The molecule has 1 aromatic carbocycles. The summed E-state index contributed by atoms with van der Waals surface area (Å²) in [5, 5.41) is 11.3. The van der Waals surface area contributed by atoms with Crippen molar-refractivity contribution in [2.75, 3.05) is 13.7 Å². The summed E-state index contributed by atoms with van der Waals surface area (Å²) in [4.78, 5) is 27.8. The minimum absolute atomic E-state index is 0.0258. The highest BCUT2D eigenvalue weighted by Gasteiger charge is 2.09. The summed E-state index contributed by atoms with van der Waals surface area (Å²) >= 11 is 8.41. The van der Waals surface area contributed by atoms with Crippen molar-refractivity contribution in [1.29, 1.82) is 0 Å². The van der Waals surface area contributed by atoms with Crippen molar-refractivity contribution in [2.45, 2.75) is 6.54 Å². The van der Waals surface area contributed by atoms with Crippen molar-refractivity contribution in [3.63, 3.8) is 0 Å². The van der Waals surface area contributed by atoms with Crippen LogP contribution in [0.25, 0.3) is 16.3 Å². The van der Waals surface area contributed by atoms with E-state index < -0.39 is 10.8 Å². The molecule has 2 heterocycles. The highest BCUT2D eigenvalue weighted by atomic mass is 35.5. The third-order valence-corrected chi connectivity index (χ3v) is 5.83. The summed E-state index contributed by atoms with van der Waals surface area (Å²) in [6, 6.07) is 8.49. The molecule has 3 rings (SSSR count). The van der Waals surface area contributed by atoms with Gasteiger partial charge in [-0.2, -0.15) is 4.99 Å². The van der Waals surface area contributed by atoms with E-state index in [9.17, 15) is 14.9 Å². The number of carbonyl (C=O) groups excluding carboxylic acids is 1. The van der Waals surface area contributed by atoms with E-state index in [1.165, 1.54) is 29.6 Å². The number of halogens is 1. The Balaban J connectivity index is 1.92. The van der Waals surface area contributed by atoms with E-state index >= 15 is 0 Å². The predicted molar refractivity (Wildman–Crippen MR) is 107 cm³/mol. The van der Waals surface area contributed by atoms with Crippen LogP contribution in [0.4, 0.5) is 5.00 Å². The van der Waals surface area contributed by atoms with Crippen LogP contribution in [0.1, 0.15) is 4.88 Å². The average molecular weight is 424 g/mol. The minimum atomic E-state index is -0.463. The summed E-state index contributed by atoms with van der Waals surface area (Å²) in [7, 11) is 1.61. The minimum Gasteiger partial charge on any atom is -0.383 e. The molecule has 2 aromatic heterocycles. The number of fused-ring (bicyclic) bond motifs is 1. The molecule has 1 amide bonds. The molecule has 0 aliphatic rings. The molecule has 0 N–H and O–H groups in total. The molecule has 3 aromatic rings. The van der Waals surface area contributed by atoms with Gasteiger partial charge in [0.2, 0.25) is 0 Å². The third-order valence-electron chi connectivity index (χ3n) is 3.55. The molecule has 27 heavy (non-hydrogen) atoms. The quantitative estimate of drug-likeness (QED) is 0.339. The van der Waals surface area contributed by atoms with E-state index in [1.807, 2.05) is 16.7 Å². The highest BCUT2D eigenvalue weighted by Crippen LogP contribution is 2.25. The molecule has 0 aliphatic heterocycles. The molecule has 0 bridgehead atoms. The van der Waals surface area contributed by atoms with Crippen molar-refractivity contribution in [3.8, 4) is 0 Å². The Bertz CT molecular complexity index is 1100. The number of nitro groups is 1. The second-order valence-corrected chi connectivity index (χ2v) is 7.90. The van der Waals surface area contributed by atoms with Gasteiger partial charge < -0.3 is 9.30 Å². The van der Waals surface area contributed by atoms with Crippen LogP contribution < -0.4 is 4.80 Å². The Hall–Kier alpha value is -2.33. The number of nitrogens with zero attached hydrogens (tertiary/aromatic N) is 3. The number of thiazole rings is 1. The zero-order valence-corrected chi connectivity index (χ0v) is 16.5. The van der Waals surface area contributed by atoms with Crippen LogP contribution in [0.5, 0.6) is 0 Å². The molecule has 0 radical (unpaired) electrons. The van der Waals surface area contributed by atoms with Gasteiger partial charge in [-0.3, -0.25) is 14.9 Å². The number of methoxy groups -OCH3 is 1. The first-order chi connectivity index (χ1) is 13.0. The fourth-order valence-corrected chi connectivity index (χ4v) is 4.41. The van der Waals surface area contributed by atoms with Crippen LogP contribution in [0.15, 0.2) is 41.4 Å². The summed E-state index contributed by atoms with van der Waals surface area (Å²) in [5.74, 6) is -0.449. The summed E-state index contributed by atoms with van der Waals surface area (Å²) in [6.07, 6.45) is 2.82. The van der Waals surface area contributed by atoms with Gasteiger partial charge in [0.1, 0.15) is 0 Å². The van der Waals surface area contributed by atoms with Gasteiger partial charge in [-0.05, 0) is 30.3 Å². The van der Waals surface area contributed by atoms with Crippen molar-refractivity contribution < 1.29 is 14.5 Å². The molecular formula is C17H14ClN3O4S2. The molecule has 7 nitrogen and oxygen atoms in total. The third kappa shape index (κ3) is 4.69.